The van der Waals surface area contributed by atoms with Crippen molar-refractivity contribution < 1.29 is 23.9 Å². The number of rotatable bonds is 7. The summed E-state index contributed by atoms with van der Waals surface area (Å²) in [5.41, 5.74) is 5.91. The van der Waals surface area contributed by atoms with E-state index in [-0.39, 0.29) is 12.2 Å². The molecule has 2 aromatic carbocycles. The average Bonchev–Trinajstić information content (AvgIpc) is 3.57. The molecule has 2 N–H and O–H groups in total. The van der Waals surface area contributed by atoms with Gasteiger partial charge in [0.2, 0.25) is 0 Å². The van der Waals surface area contributed by atoms with E-state index in [4.69, 9.17) is 9.47 Å². The third kappa shape index (κ3) is 4.85. The van der Waals surface area contributed by atoms with Crippen molar-refractivity contribution >= 4 is 45.2 Å². The Hall–Kier alpha value is -4.83. The summed E-state index contributed by atoms with van der Waals surface area (Å²) in [6.45, 7) is 1.45. The Morgan fingerprint density at radius 3 is 2.73 bits per heavy atom. The van der Waals surface area contributed by atoms with Crippen LogP contribution in [-0.4, -0.2) is 46.0 Å². The molecule has 1 aliphatic rings. The lowest BCUT2D eigenvalue weighted by molar-refractivity contribution is -0.119. The molecule has 0 fully saturated rings. The summed E-state index contributed by atoms with van der Waals surface area (Å²) in [5.74, 6) is -1.05. The zero-order valence-corrected chi connectivity index (χ0v) is 22.3. The van der Waals surface area contributed by atoms with Crippen LogP contribution in [0, 0.1) is 0 Å². The fourth-order valence-electron chi connectivity index (χ4n) is 4.80. The predicted octanol–water partition coefficient (Wildman–Crippen LogP) is 5.42. The zero-order chi connectivity index (χ0) is 27.6. The van der Waals surface area contributed by atoms with Crippen LogP contribution in [-0.2, 0) is 27.1 Å². The molecule has 0 aliphatic heterocycles. The van der Waals surface area contributed by atoms with Gasteiger partial charge in [-0.15, -0.1) is 11.3 Å². The van der Waals surface area contributed by atoms with Crippen LogP contribution in [0.1, 0.15) is 38.8 Å². The number of aromatic nitrogens is 3. The second-order valence-electron chi connectivity index (χ2n) is 9.17. The van der Waals surface area contributed by atoms with E-state index in [1.807, 2.05) is 30.3 Å². The molecule has 200 valence electrons. The maximum atomic E-state index is 12.9. The number of aromatic amines is 1. The van der Waals surface area contributed by atoms with E-state index in [0.717, 1.165) is 28.0 Å². The first-order chi connectivity index (χ1) is 19.5. The maximum absolute atomic E-state index is 12.9. The molecular formula is C30H24N4O5S. The Labute approximate surface area is 233 Å². The largest absolute Gasteiger partial charge is 0.462 e. The molecule has 0 atom stereocenters. The summed E-state index contributed by atoms with van der Waals surface area (Å²) in [6.07, 6.45) is 4.84. The van der Waals surface area contributed by atoms with Crippen molar-refractivity contribution in [1.29, 1.82) is 0 Å². The third-order valence-corrected chi connectivity index (χ3v) is 7.81. The average molecular weight is 553 g/mol. The number of ether oxygens (including phenoxy) is 2. The van der Waals surface area contributed by atoms with Gasteiger partial charge in [0, 0.05) is 22.8 Å². The number of anilines is 1. The second kappa shape index (κ2) is 10.7. The number of carbonyl (C=O) groups excluding carboxylic acids is 3. The normalized spacial score (nSPS) is 11.9. The smallest absolute Gasteiger partial charge is 0.341 e. The minimum atomic E-state index is -0.653. The van der Waals surface area contributed by atoms with Crippen LogP contribution >= 0.6 is 11.3 Å². The number of amides is 1. The highest BCUT2D eigenvalue weighted by Crippen LogP contribution is 2.45. The zero-order valence-electron chi connectivity index (χ0n) is 21.5. The lowest BCUT2D eigenvalue weighted by Crippen LogP contribution is -2.22. The van der Waals surface area contributed by atoms with Crippen LogP contribution in [0.2, 0.25) is 0 Å². The Morgan fingerprint density at radius 1 is 1.02 bits per heavy atom. The second-order valence-corrected chi connectivity index (χ2v) is 10.2. The van der Waals surface area contributed by atoms with Gasteiger partial charge in [-0.05, 0) is 66.8 Å². The summed E-state index contributed by atoms with van der Waals surface area (Å²) in [7, 11) is 0. The SMILES string of the molecule is CCOC(=O)c1c(NC(=O)COC(=O)c2ccc3nc(-c4cccnc4)[nH]c3c2)sc2c1CCc1ccccc1-2. The van der Waals surface area contributed by atoms with Crippen molar-refractivity contribution in [3.8, 4) is 21.8 Å². The summed E-state index contributed by atoms with van der Waals surface area (Å²) < 4.78 is 10.6. The van der Waals surface area contributed by atoms with Crippen LogP contribution in [0.4, 0.5) is 5.00 Å². The number of H-pyrrole nitrogens is 1. The molecule has 0 bridgehead atoms. The Balaban J connectivity index is 1.18. The van der Waals surface area contributed by atoms with Crippen molar-refractivity contribution in [2.45, 2.75) is 19.8 Å². The number of imidazole rings is 1. The number of pyridine rings is 1. The number of nitrogens with one attached hydrogen (secondary N) is 2. The molecule has 40 heavy (non-hydrogen) atoms. The van der Waals surface area contributed by atoms with Gasteiger partial charge in [-0.25, -0.2) is 14.6 Å². The van der Waals surface area contributed by atoms with Crippen molar-refractivity contribution in [1.82, 2.24) is 15.0 Å². The molecule has 1 aliphatic carbocycles. The highest BCUT2D eigenvalue weighted by atomic mass is 32.1. The van der Waals surface area contributed by atoms with E-state index in [1.54, 1.807) is 37.5 Å². The van der Waals surface area contributed by atoms with Crippen LogP contribution in [0.15, 0.2) is 67.0 Å². The van der Waals surface area contributed by atoms with Gasteiger partial charge in [-0.3, -0.25) is 9.78 Å². The van der Waals surface area contributed by atoms with E-state index in [0.29, 0.717) is 33.8 Å². The van der Waals surface area contributed by atoms with Gasteiger partial charge >= 0.3 is 11.9 Å². The molecule has 0 saturated carbocycles. The standard InChI is InChI=1S/C30H24N4O5S/c1-2-38-30(37)25-21-11-9-17-6-3-4-8-20(17)26(21)40-28(25)34-24(35)16-39-29(36)18-10-12-22-23(14-18)33-27(32-22)19-7-5-13-31-15-19/h3-8,10,12-15H,2,9,11,16H2,1H3,(H,32,33)(H,34,35). The highest BCUT2D eigenvalue weighted by molar-refractivity contribution is 7.20. The molecule has 0 unspecified atom stereocenters. The molecule has 0 saturated heterocycles. The summed E-state index contributed by atoms with van der Waals surface area (Å²) in [5, 5.41) is 3.17. The van der Waals surface area contributed by atoms with Crippen molar-refractivity contribution in [3.05, 3.63) is 89.2 Å². The minimum Gasteiger partial charge on any atom is -0.462 e. The van der Waals surface area contributed by atoms with Gasteiger partial charge in [-0.1, -0.05) is 24.3 Å². The Bertz CT molecular complexity index is 1760. The number of carbonyl (C=O) groups is 3. The first-order valence-corrected chi connectivity index (χ1v) is 13.6. The van der Waals surface area contributed by atoms with E-state index in [1.165, 1.54) is 16.9 Å². The quantitative estimate of drug-likeness (QED) is 0.258. The topological polar surface area (TPSA) is 123 Å². The molecule has 1 amide bonds. The lowest BCUT2D eigenvalue weighted by Gasteiger charge is -2.16. The van der Waals surface area contributed by atoms with E-state index >= 15 is 0 Å². The van der Waals surface area contributed by atoms with Gasteiger partial charge in [-0.2, -0.15) is 0 Å². The fraction of sp³-hybridized carbons (Fsp3) is 0.167. The monoisotopic (exact) mass is 552 g/mol. The number of aryl methyl sites for hydroxylation is 1. The molecule has 6 rings (SSSR count). The Kier molecular flexibility index (Phi) is 6.83. The number of hydrogen-bond donors (Lipinski definition) is 2. The molecule has 10 heteroatoms. The molecule has 3 aromatic heterocycles. The van der Waals surface area contributed by atoms with E-state index in [2.05, 4.69) is 26.3 Å². The number of benzene rings is 2. The van der Waals surface area contributed by atoms with Crippen LogP contribution < -0.4 is 5.32 Å². The third-order valence-electron chi connectivity index (χ3n) is 6.63. The van der Waals surface area contributed by atoms with Crippen LogP contribution in [0.3, 0.4) is 0 Å². The van der Waals surface area contributed by atoms with E-state index in [9.17, 15) is 14.4 Å². The summed E-state index contributed by atoms with van der Waals surface area (Å²) >= 11 is 1.33. The number of thiophene rings is 1. The number of fused-ring (bicyclic) bond motifs is 4. The fourth-order valence-corrected chi connectivity index (χ4v) is 6.12. The number of esters is 2. The van der Waals surface area contributed by atoms with Gasteiger partial charge in [0.05, 0.1) is 28.8 Å². The van der Waals surface area contributed by atoms with Crippen LogP contribution in [0.25, 0.3) is 32.9 Å². The molecule has 0 spiro atoms. The van der Waals surface area contributed by atoms with Crippen molar-refractivity contribution in [2.24, 2.45) is 0 Å². The Morgan fingerprint density at radius 2 is 1.90 bits per heavy atom. The summed E-state index contributed by atoms with van der Waals surface area (Å²) in [6, 6.07) is 16.7. The molecule has 0 radical (unpaired) electrons. The first-order valence-electron chi connectivity index (χ1n) is 12.8. The van der Waals surface area contributed by atoms with Gasteiger partial charge in [0.1, 0.15) is 10.8 Å². The van der Waals surface area contributed by atoms with Crippen molar-refractivity contribution in [3.63, 3.8) is 0 Å². The molecule has 3 heterocycles. The maximum Gasteiger partial charge on any atom is 0.341 e. The van der Waals surface area contributed by atoms with Gasteiger partial charge in [0.25, 0.3) is 5.91 Å². The van der Waals surface area contributed by atoms with E-state index < -0.39 is 24.5 Å². The van der Waals surface area contributed by atoms with Crippen LogP contribution in [0.5, 0.6) is 0 Å². The predicted molar refractivity (Wildman–Crippen MR) is 151 cm³/mol. The summed E-state index contributed by atoms with van der Waals surface area (Å²) in [4.78, 5) is 51.3. The highest BCUT2D eigenvalue weighted by Gasteiger charge is 2.29. The first kappa shape index (κ1) is 25.4. The molecular weight excluding hydrogens is 528 g/mol. The number of nitrogens with zero attached hydrogens (tertiary/aromatic N) is 2. The minimum absolute atomic E-state index is 0.218. The van der Waals surface area contributed by atoms with Crippen molar-refractivity contribution in [2.75, 3.05) is 18.5 Å². The molecule has 9 nitrogen and oxygen atoms in total. The van der Waals surface area contributed by atoms with Gasteiger partial charge in [0.15, 0.2) is 6.61 Å². The lowest BCUT2D eigenvalue weighted by atomic mass is 9.89. The van der Waals surface area contributed by atoms with Gasteiger partial charge < -0.3 is 19.8 Å². The molecule has 5 aromatic rings. The number of hydrogen-bond acceptors (Lipinski definition) is 8.